The summed E-state index contributed by atoms with van der Waals surface area (Å²) in [6.07, 6.45) is 3.88. The summed E-state index contributed by atoms with van der Waals surface area (Å²) < 4.78 is 13.1. The van der Waals surface area contributed by atoms with Gasteiger partial charge in [-0.2, -0.15) is 0 Å². The molecule has 0 bridgehead atoms. The number of hydrogen-bond acceptors (Lipinski definition) is 3. The van der Waals surface area contributed by atoms with Crippen LogP contribution in [-0.4, -0.2) is 11.8 Å². The van der Waals surface area contributed by atoms with Gasteiger partial charge in [-0.15, -0.1) is 11.3 Å². The van der Waals surface area contributed by atoms with Crippen LogP contribution in [0.2, 0.25) is 0 Å². The molecule has 148 valence electrons. The first-order valence-corrected chi connectivity index (χ1v) is 10.5. The molecular weight excluding hydrogens is 387 g/mol. The van der Waals surface area contributed by atoms with Crippen molar-refractivity contribution in [2.45, 2.75) is 32.2 Å². The normalized spacial score (nSPS) is 12.9. The van der Waals surface area contributed by atoms with Crippen LogP contribution in [0.25, 0.3) is 0 Å². The number of thiophene rings is 1. The van der Waals surface area contributed by atoms with Crippen molar-refractivity contribution in [1.29, 1.82) is 0 Å². The Morgan fingerprint density at radius 1 is 0.931 bits per heavy atom. The topological polar surface area (TPSA) is 58.2 Å². The van der Waals surface area contributed by atoms with Crippen LogP contribution < -0.4 is 10.6 Å². The minimum Gasteiger partial charge on any atom is -0.348 e. The lowest BCUT2D eigenvalue weighted by molar-refractivity contribution is 0.0951. The number of anilines is 1. The van der Waals surface area contributed by atoms with Crippen molar-refractivity contribution in [3.63, 3.8) is 0 Å². The van der Waals surface area contributed by atoms with Crippen LogP contribution in [0.3, 0.4) is 0 Å². The van der Waals surface area contributed by atoms with E-state index in [2.05, 4.69) is 10.6 Å². The predicted octanol–water partition coefficient (Wildman–Crippen LogP) is 4.95. The summed E-state index contributed by atoms with van der Waals surface area (Å²) in [6.45, 7) is 0.426. The first-order chi connectivity index (χ1) is 14.1. The van der Waals surface area contributed by atoms with E-state index in [0.717, 1.165) is 41.7 Å². The Balaban J connectivity index is 1.58. The molecular formula is C23H21FN2O2S. The lowest BCUT2D eigenvalue weighted by Crippen LogP contribution is -2.25. The van der Waals surface area contributed by atoms with E-state index in [1.54, 1.807) is 0 Å². The Morgan fingerprint density at radius 3 is 2.41 bits per heavy atom. The molecule has 0 unspecified atom stereocenters. The fourth-order valence-electron chi connectivity index (χ4n) is 3.54. The maximum Gasteiger partial charge on any atom is 0.256 e. The van der Waals surface area contributed by atoms with Gasteiger partial charge in [0.25, 0.3) is 11.8 Å². The summed E-state index contributed by atoms with van der Waals surface area (Å²) in [4.78, 5) is 26.8. The fraction of sp³-hybridized carbons (Fsp3) is 0.217. The summed E-state index contributed by atoms with van der Waals surface area (Å²) in [7, 11) is 0. The van der Waals surface area contributed by atoms with Gasteiger partial charge in [0.15, 0.2) is 0 Å². The highest BCUT2D eigenvalue weighted by Crippen LogP contribution is 2.38. The molecule has 0 saturated carbocycles. The molecule has 2 N–H and O–H groups in total. The van der Waals surface area contributed by atoms with Crippen LogP contribution in [0.5, 0.6) is 0 Å². The maximum atomic E-state index is 13.1. The van der Waals surface area contributed by atoms with Crippen molar-refractivity contribution >= 4 is 28.2 Å². The molecule has 4 nitrogen and oxygen atoms in total. The molecule has 1 heterocycles. The fourth-order valence-corrected chi connectivity index (χ4v) is 4.82. The minimum atomic E-state index is -0.394. The maximum absolute atomic E-state index is 13.1. The molecule has 29 heavy (non-hydrogen) atoms. The zero-order valence-corrected chi connectivity index (χ0v) is 16.7. The Hall–Kier alpha value is -2.99. The second-order valence-corrected chi connectivity index (χ2v) is 8.15. The minimum absolute atomic E-state index is 0.178. The highest BCUT2D eigenvalue weighted by Gasteiger charge is 2.26. The molecule has 4 rings (SSSR count). The van der Waals surface area contributed by atoms with Crippen LogP contribution in [0.1, 0.15) is 49.6 Å². The van der Waals surface area contributed by atoms with Crippen molar-refractivity contribution in [3.05, 3.63) is 87.5 Å². The molecule has 0 fully saturated rings. The zero-order chi connectivity index (χ0) is 20.2. The molecule has 3 aromatic rings. The number of hydrogen-bond donors (Lipinski definition) is 2. The Labute approximate surface area is 172 Å². The van der Waals surface area contributed by atoms with Gasteiger partial charge in [0.2, 0.25) is 0 Å². The Bertz CT molecular complexity index is 1030. The second-order valence-electron chi connectivity index (χ2n) is 7.04. The van der Waals surface area contributed by atoms with Crippen LogP contribution in [0.15, 0.2) is 54.6 Å². The number of carbonyl (C=O) groups excluding carboxylic acids is 2. The quantitative estimate of drug-likeness (QED) is 0.628. The first-order valence-electron chi connectivity index (χ1n) is 9.65. The highest BCUT2D eigenvalue weighted by atomic mass is 32.1. The molecule has 1 aliphatic rings. The number of halogens is 1. The molecule has 0 spiro atoms. The summed E-state index contributed by atoms with van der Waals surface area (Å²) in [5.74, 6) is -0.919. The number of nitrogens with one attached hydrogen (secondary N) is 2. The van der Waals surface area contributed by atoms with Gasteiger partial charge in [0.05, 0.1) is 5.56 Å². The monoisotopic (exact) mass is 408 g/mol. The van der Waals surface area contributed by atoms with Crippen molar-refractivity contribution in [2.24, 2.45) is 0 Å². The van der Waals surface area contributed by atoms with Gasteiger partial charge < -0.3 is 10.6 Å². The molecule has 0 saturated heterocycles. The van der Waals surface area contributed by atoms with Crippen molar-refractivity contribution in [2.75, 3.05) is 5.32 Å². The van der Waals surface area contributed by atoms with Gasteiger partial charge in [-0.25, -0.2) is 4.39 Å². The Morgan fingerprint density at radius 2 is 1.66 bits per heavy atom. The van der Waals surface area contributed by atoms with Gasteiger partial charge in [-0.05, 0) is 61.1 Å². The highest BCUT2D eigenvalue weighted by molar-refractivity contribution is 7.17. The lowest BCUT2D eigenvalue weighted by atomic mass is 9.95. The van der Waals surface area contributed by atoms with Crippen LogP contribution in [0, 0.1) is 5.82 Å². The van der Waals surface area contributed by atoms with E-state index in [-0.39, 0.29) is 11.8 Å². The lowest BCUT2D eigenvalue weighted by Gasteiger charge is -2.13. The SMILES string of the molecule is O=C(Nc1sc2c(c1C(=O)NCc1ccccc1)CCCC2)c1ccc(F)cc1. The van der Waals surface area contributed by atoms with E-state index in [9.17, 15) is 14.0 Å². The third-order valence-electron chi connectivity index (χ3n) is 5.03. The van der Waals surface area contributed by atoms with Crippen LogP contribution in [-0.2, 0) is 19.4 Å². The number of aryl methyl sites for hydroxylation is 1. The summed E-state index contributed by atoms with van der Waals surface area (Å²) >= 11 is 1.47. The summed E-state index contributed by atoms with van der Waals surface area (Å²) in [5, 5.41) is 6.42. The van der Waals surface area contributed by atoms with E-state index in [1.165, 1.54) is 35.6 Å². The summed E-state index contributed by atoms with van der Waals surface area (Å²) in [6, 6.07) is 15.1. The van der Waals surface area contributed by atoms with Crippen molar-refractivity contribution in [1.82, 2.24) is 5.32 Å². The van der Waals surface area contributed by atoms with Crippen LogP contribution >= 0.6 is 11.3 Å². The molecule has 2 amide bonds. The average molecular weight is 408 g/mol. The van der Waals surface area contributed by atoms with E-state index < -0.39 is 5.82 Å². The van der Waals surface area contributed by atoms with E-state index in [1.807, 2.05) is 30.3 Å². The second kappa shape index (κ2) is 8.57. The smallest absolute Gasteiger partial charge is 0.256 e. The predicted molar refractivity (Wildman–Crippen MR) is 113 cm³/mol. The molecule has 1 aliphatic carbocycles. The van der Waals surface area contributed by atoms with Gasteiger partial charge >= 0.3 is 0 Å². The first kappa shape index (κ1) is 19.3. The third-order valence-corrected chi connectivity index (χ3v) is 6.23. The van der Waals surface area contributed by atoms with Gasteiger partial charge in [-0.3, -0.25) is 9.59 Å². The molecule has 1 aromatic heterocycles. The molecule has 0 atom stereocenters. The zero-order valence-electron chi connectivity index (χ0n) is 15.8. The largest absolute Gasteiger partial charge is 0.348 e. The van der Waals surface area contributed by atoms with Crippen molar-refractivity contribution < 1.29 is 14.0 Å². The number of rotatable bonds is 5. The van der Waals surface area contributed by atoms with Gasteiger partial charge in [-0.1, -0.05) is 30.3 Å². The number of carbonyl (C=O) groups is 2. The third kappa shape index (κ3) is 4.38. The molecule has 0 radical (unpaired) electrons. The molecule has 0 aliphatic heterocycles. The Kier molecular flexibility index (Phi) is 5.71. The molecule has 2 aromatic carbocycles. The van der Waals surface area contributed by atoms with Gasteiger partial charge in [0.1, 0.15) is 10.8 Å². The number of fused-ring (bicyclic) bond motifs is 1. The average Bonchev–Trinajstić information content (AvgIpc) is 3.11. The van der Waals surface area contributed by atoms with Crippen LogP contribution in [0.4, 0.5) is 9.39 Å². The van der Waals surface area contributed by atoms with E-state index >= 15 is 0 Å². The van der Waals surface area contributed by atoms with E-state index in [0.29, 0.717) is 22.7 Å². The van der Waals surface area contributed by atoms with Crippen molar-refractivity contribution in [3.8, 4) is 0 Å². The number of amides is 2. The van der Waals surface area contributed by atoms with Gasteiger partial charge in [0, 0.05) is 17.0 Å². The number of benzene rings is 2. The molecule has 6 heteroatoms. The van der Waals surface area contributed by atoms with E-state index in [4.69, 9.17) is 0 Å². The standard InChI is InChI=1S/C23H21FN2O2S/c24-17-12-10-16(11-13-17)21(27)26-23-20(18-8-4-5-9-19(18)29-23)22(28)25-14-15-6-2-1-3-7-15/h1-3,6-7,10-13H,4-5,8-9,14H2,(H,25,28)(H,26,27). The summed E-state index contributed by atoms with van der Waals surface area (Å²) in [5.41, 5.74) is 2.98.